The first-order valence-corrected chi connectivity index (χ1v) is 7.93. The third-order valence-electron chi connectivity index (χ3n) is 3.08. The van der Waals surface area contributed by atoms with Crippen LogP contribution in [0.15, 0.2) is 53.0 Å². The zero-order chi connectivity index (χ0) is 16.7. The van der Waals surface area contributed by atoms with E-state index in [1.165, 1.54) is 24.3 Å². The van der Waals surface area contributed by atoms with Crippen molar-refractivity contribution in [3.63, 3.8) is 0 Å². The summed E-state index contributed by atoms with van der Waals surface area (Å²) in [5, 5.41) is 5.48. The van der Waals surface area contributed by atoms with E-state index in [9.17, 15) is 14.0 Å². The van der Waals surface area contributed by atoms with Crippen LogP contribution in [0.3, 0.4) is 0 Å². The summed E-state index contributed by atoms with van der Waals surface area (Å²) in [6, 6.07) is 12.6. The van der Waals surface area contributed by atoms with E-state index in [1.54, 1.807) is 6.07 Å². The van der Waals surface area contributed by atoms with Crippen LogP contribution >= 0.6 is 15.9 Å². The second-order valence-corrected chi connectivity index (χ2v) is 5.84. The minimum absolute atomic E-state index is 0.112. The van der Waals surface area contributed by atoms with Crippen molar-refractivity contribution >= 4 is 33.4 Å². The van der Waals surface area contributed by atoms with Crippen molar-refractivity contribution in [2.24, 2.45) is 0 Å². The van der Waals surface area contributed by atoms with Gasteiger partial charge in [0, 0.05) is 28.7 Å². The fourth-order valence-electron chi connectivity index (χ4n) is 1.94. The maximum absolute atomic E-state index is 12.8. The average molecular weight is 379 g/mol. The number of anilines is 1. The van der Waals surface area contributed by atoms with Crippen LogP contribution < -0.4 is 10.6 Å². The Hall–Kier alpha value is -2.21. The maximum atomic E-state index is 12.8. The smallest absolute Gasteiger partial charge is 0.251 e. The van der Waals surface area contributed by atoms with Crippen molar-refractivity contribution in [3.05, 3.63) is 64.4 Å². The number of hydrogen-bond acceptors (Lipinski definition) is 2. The molecule has 6 heteroatoms. The summed E-state index contributed by atoms with van der Waals surface area (Å²) < 4.78 is 13.7. The van der Waals surface area contributed by atoms with Crippen molar-refractivity contribution in [1.82, 2.24) is 5.32 Å². The predicted molar refractivity (Wildman–Crippen MR) is 90.7 cm³/mol. The molecule has 0 bridgehead atoms. The Morgan fingerprint density at radius 3 is 2.52 bits per heavy atom. The SMILES string of the molecule is O=C(CCCNC(=O)c1ccc(F)cc1)Nc1cccc(Br)c1. The molecular formula is C17H16BrFN2O2. The Balaban J connectivity index is 1.69. The molecule has 120 valence electrons. The summed E-state index contributed by atoms with van der Waals surface area (Å²) in [6.07, 6.45) is 0.822. The van der Waals surface area contributed by atoms with Crippen molar-refractivity contribution in [2.45, 2.75) is 12.8 Å². The van der Waals surface area contributed by atoms with Gasteiger partial charge in [-0.2, -0.15) is 0 Å². The van der Waals surface area contributed by atoms with Crippen LogP contribution in [-0.4, -0.2) is 18.4 Å². The molecule has 0 atom stereocenters. The van der Waals surface area contributed by atoms with Gasteiger partial charge in [-0.15, -0.1) is 0 Å². The van der Waals surface area contributed by atoms with E-state index in [0.717, 1.165) is 10.2 Å². The molecule has 0 fully saturated rings. The molecule has 0 spiro atoms. The molecule has 2 N–H and O–H groups in total. The van der Waals surface area contributed by atoms with E-state index in [-0.39, 0.29) is 17.6 Å². The van der Waals surface area contributed by atoms with Crippen molar-refractivity contribution in [2.75, 3.05) is 11.9 Å². The Morgan fingerprint density at radius 1 is 1.09 bits per heavy atom. The quantitative estimate of drug-likeness (QED) is 0.752. The second kappa shape index (κ2) is 8.43. The molecular weight excluding hydrogens is 363 g/mol. The van der Waals surface area contributed by atoms with E-state index in [2.05, 4.69) is 26.6 Å². The summed E-state index contributed by atoms with van der Waals surface area (Å²) in [5.41, 5.74) is 1.12. The lowest BCUT2D eigenvalue weighted by molar-refractivity contribution is -0.116. The molecule has 0 saturated carbocycles. The Labute approximate surface area is 142 Å². The third kappa shape index (κ3) is 5.83. The summed E-state index contributed by atoms with van der Waals surface area (Å²) >= 11 is 3.34. The molecule has 2 aromatic carbocycles. The van der Waals surface area contributed by atoms with Crippen LogP contribution in [0, 0.1) is 5.82 Å². The molecule has 0 saturated heterocycles. The lowest BCUT2D eigenvalue weighted by Gasteiger charge is -2.07. The number of carbonyl (C=O) groups is 2. The minimum Gasteiger partial charge on any atom is -0.352 e. The minimum atomic E-state index is -0.384. The number of hydrogen-bond donors (Lipinski definition) is 2. The molecule has 2 amide bonds. The van der Waals surface area contributed by atoms with Crippen molar-refractivity contribution in [3.8, 4) is 0 Å². The van der Waals surface area contributed by atoms with Crippen LogP contribution in [-0.2, 0) is 4.79 Å². The highest BCUT2D eigenvalue weighted by Gasteiger charge is 2.06. The number of amides is 2. The van der Waals surface area contributed by atoms with E-state index in [0.29, 0.717) is 24.9 Å². The van der Waals surface area contributed by atoms with Crippen LogP contribution in [0.2, 0.25) is 0 Å². The maximum Gasteiger partial charge on any atom is 0.251 e. The summed E-state index contributed by atoms with van der Waals surface area (Å²) in [7, 11) is 0. The molecule has 2 rings (SSSR count). The summed E-state index contributed by atoms with van der Waals surface area (Å²) in [5.74, 6) is -0.776. The summed E-state index contributed by atoms with van der Waals surface area (Å²) in [6.45, 7) is 0.377. The molecule has 0 aliphatic rings. The molecule has 0 aliphatic carbocycles. The van der Waals surface area contributed by atoms with Crippen LogP contribution in [0.4, 0.5) is 10.1 Å². The van der Waals surface area contributed by atoms with Gasteiger partial charge < -0.3 is 10.6 Å². The fourth-order valence-corrected chi connectivity index (χ4v) is 2.34. The molecule has 4 nitrogen and oxygen atoms in total. The number of benzene rings is 2. The lowest BCUT2D eigenvalue weighted by atomic mass is 10.2. The highest BCUT2D eigenvalue weighted by atomic mass is 79.9. The molecule has 0 heterocycles. The Bertz CT molecular complexity index is 689. The number of rotatable bonds is 6. The zero-order valence-electron chi connectivity index (χ0n) is 12.3. The standard InChI is InChI=1S/C17H16BrFN2O2/c18-13-3-1-4-15(11-13)21-16(22)5-2-10-20-17(23)12-6-8-14(19)9-7-12/h1,3-4,6-9,11H,2,5,10H2,(H,20,23)(H,21,22). The lowest BCUT2D eigenvalue weighted by Crippen LogP contribution is -2.25. The first-order chi connectivity index (χ1) is 11.0. The van der Waals surface area contributed by atoms with Gasteiger partial charge in [0.05, 0.1) is 0 Å². The molecule has 23 heavy (non-hydrogen) atoms. The van der Waals surface area contributed by atoms with E-state index >= 15 is 0 Å². The predicted octanol–water partition coefficient (Wildman–Crippen LogP) is 3.74. The first kappa shape index (κ1) is 17.1. The first-order valence-electron chi connectivity index (χ1n) is 7.14. The molecule has 0 aliphatic heterocycles. The van der Waals surface area contributed by atoms with Gasteiger partial charge in [-0.3, -0.25) is 9.59 Å². The van der Waals surface area contributed by atoms with Crippen LogP contribution in [0.5, 0.6) is 0 Å². The second-order valence-electron chi connectivity index (χ2n) is 4.92. The third-order valence-corrected chi connectivity index (χ3v) is 3.57. The van der Waals surface area contributed by atoms with E-state index < -0.39 is 0 Å². The van der Waals surface area contributed by atoms with Crippen molar-refractivity contribution < 1.29 is 14.0 Å². The van der Waals surface area contributed by atoms with Gasteiger partial charge in [0.1, 0.15) is 5.82 Å². The highest BCUT2D eigenvalue weighted by Crippen LogP contribution is 2.15. The van der Waals surface area contributed by atoms with Gasteiger partial charge >= 0.3 is 0 Å². The van der Waals surface area contributed by atoms with Gasteiger partial charge in [-0.1, -0.05) is 22.0 Å². The Morgan fingerprint density at radius 2 is 1.83 bits per heavy atom. The molecule has 2 aromatic rings. The van der Waals surface area contributed by atoms with Gasteiger partial charge in [-0.25, -0.2) is 4.39 Å². The number of halogens is 2. The summed E-state index contributed by atoms with van der Waals surface area (Å²) in [4.78, 5) is 23.6. The Kier molecular flexibility index (Phi) is 6.29. The molecule has 0 radical (unpaired) electrons. The van der Waals surface area contributed by atoms with Crippen LogP contribution in [0.25, 0.3) is 0 Å². The normalized spacial score (nSPS) is 10.2. The van der Waals surface area contributed by atoms with Gasteiger partial charge in [0.2, 0.25) is 5.91 Å². The zero-order valence-corrected chi connectivity index (χ0v) is 13.9. The van der Waals surface area contributed by atoms with E-state index in [1.807, 2.05) is 18.2 Å². The highest BCUT2D eigenvalue weighted by molar-refractivity contribution is 9.10. The van der Waals surface area contributed by atoms with Gasteiger partial charge in [-0.05, 0) is 48.9 Å². The average Bonchev–Trinajstić information content (AvgIpc) is 2.52. The number of nitrogens with one attached hydrogen (secondary N) is 2. The van der Waals surface area contributed by atoms with Gasteiger partial charge in [0.15, 0.2) is 0 Å². The van der Waals surface area contributed by atoms with Crippen molar-refractivity contribution in [1.29, 1.82) is 0 Å². The number of carbonyl (C=O) groups excluding carboxylic acids is 2. The van der Waals surface area contributed by atoms with E-state index in [4.69, 9.17) is 0 Å². The topological polar surface area (TPSA) is 58.2 Å². The van der Waals surface area contributed by atoms with Gasteiger partial charge in [0.25, 0.3) is 5.91 Å². The molecule has 0 unspecified atom stereocenters. The monoisotopic (exact) mass is 378 g/mol. The van der Waals surface area contributed by atoms with Crippen LogP contribution in [0.1, 0.15) is 23.2 Å². The largest absolute Gasteiger partial charge is 0.352 e. The molecule has 0 aromatic heterocycles. The fraction of sp³-hybridized carbons (Fsp3) is 0.176.